The summed E-state index contributed by atoms with van der Waals surface area (Å²) in [6, 6.07) is 16.6. The second kappa shape index (κ2) is 8.47. The first-order valence-corrected chi connectivity index (χ1v) is 8.55. The van der Waals surface area contributed by atoms with Crippen LogP contribution in [0.2, 0.25) is 0 Å². The minimum Gasteiger partial charge on any atom is -0.356 e. The number of nitrogens with zero attached hydrogens (tertiary/aromatic N) is 1. The van der Waals surface area contributed by atoms with Gasteiger partial charge in [0, 0.05) is 5.69 Å². The normalized spacial score (nSPS) is 11.4. The number of anilines is 1. The van der Waals surface area contributed by atoms with Crippen LogP contribution in [0, 0.1) is 25.2 Å². The van der Waals surface area contributed by atoms with Gasteiger partial charge in [-0.2, -0.15) is 5.26 Å². The van der Waals surface area contributed by atoms with Crippen LogP contribution < -0.4 is 10.6 Å². The van der Waals surface area contributed by atoms with Crippen molar-refractivity contribution >= 4 is 23.0 Å². The van der Waals surface area contributed by atoms with E-state index in [1.807, 2.05) is 24.3 Å². The summed E-state index contributed by atoms with van der Waals surface area (Å²) in [5.74, 6) is 0. The summed E-state index contributed by atoms with van der Waals surface area (Å²) in [4.78, 5) is 0. The number of benzene rings is 2. The summed E-state index contributed by atoms with van der Waals surface area (Å²) in [5.41, 5.74) is 5.76. The van der Waals surface area contributed by atoms with E-state index in [-0.39, 0.29) is 6.04 Å². The quantitative estimate of drug-likeness (QED) is 0.769. The number of hydrogen-bond donors (Lipinski definition) is 2. The summed E-state index contributed by atoms with van der Waals surface area (Å²) < 4.78 is 0. The molecule has 0 aliphatic rings. The smallest absolute Gasteiger partial charge is 0.171 e. The lowest BCUT2D eigenvalue weighted by Crippen LogP contribution is -2.32. The van der Waals surface area contributed by atoms with Gasteiger partial charge < -0.3 is 10.6 Å². The van der Waals surface area contributed by atoms with Gasteiger partial charge >= 0.3 is 0 Å². The number of nitrogens with one attached hydrogen (secondary N) is 2. The molecule has 24 heavy (non-hydrogen) atoms. The fourth-order valence-electron chi connectivity index (χ4n) is 2.53. The van der Waals surface area contributed by atoms with E-state index in [9.17, 15) is 0 Å². The Bertz CT molecular complexity index is 744. The Hall–Kier alpha value is -2.38. The van der Waals surface area contributed by atoms with Crippen molar-refractivity contribution in [1.82, 2.24) is 5.32 Å². The highest BCUT2D eigenvalue weighted by molar-refractivity contribution is 7.80. The van der Waals surface area contributed by atoms with Crippen LogP contribution in [-0.4, -0.2) is 5.11 Å². The van der Waals surface area contributed by atoms with Gasteiger partial charge in [0.05, 0.1) is 18.5 Å². The SMILES string of the molecule is CCC(NC(=S)Nc1ccc(CC#N)cc1)c1ccc(C)c(C)c1. The van der Waals surface area contributed by atoms with Gasteiger partial charge in [-0.1, -0.05) is 37.3 Å². The zero-order valence-corrected chi connectivity index (χ0v) is 15.2. The molecular formula is C20H23N3S. The molecule has 0 heterocycles. The van der Waals surface area contributed by atoms with Crippen molar-refractivity contribution in [3.05, 3.63) is 64.7 Å². The fourth-order valence-corrected chi connectivity index (χ4v) is 2.79. The number of thiocarbonyl (C=S) groups is 1. The van der Waals surface area contributed by atoms with Gasteiger partial charge in [0.2, 0.25) is 0 Å². The number of rotatable bonds is 5. The molecule has 0 aliphatic heterocycles. The molecule has 1 unspecified atom stereocenters. The Morgan fingerprint density at radius 2 is 1.83 bits per heavy atom. The molecule has 0 aromatic heterocycles. The number of hydrogen-bond acceptors (Lipinski definition) is 2. The summed E-state index contributed by atoms with van der Waals surface area (Å²) in [5, 5.41) is 15.9. The van der Waals surface area contributed by atoms with Crippen LogP contribution in [0.4, 0.5) is 5.69 Å². The van der Waals surface area contributed by atoms with Gasteiger partial charge in [-0.3, -0.25) is 0 Å². The molecule has 4 heteroatoms. The van der Waals surface area contributed by atoms with Gasteiger partial charge in [-0.25, -0.2) is 0 Å². The van der Waals surface area contributed by atoms with E-state index in [1.54, 1.807) is 0 Å². The molecule has 2 aromatic carbocycles. The van der Waals surface area contributed by atoms with E-state index in [0.717, 1.165) is 17.7 Å². The molecule has 2 aromatic rings. The maximum atomic E-state index is 8.71. The maximum absolute atomic E-state index is 8.71. The summed E-state index contributed by atoms with van der Waals surface area (Å²) >= 11 is 5.45. The maximum Gasteiger partial charge on any atom is 0.171 e. The molecule has 124 valence electrons. The first kappa shape index (κ1) is 18.0. The van der Waals surface area contributed by atoms with Gasteiger partial charge in [-0.15, -0.1) is 0 Å². The summed E-state index contributed by atoms with van der Waals surface area (Å²) in [6.07, 6.45) is 1.37. The lowest BCUT2D eigenvalue weighted by Gasteiger charge is -2.21. The number of aryl methyl sites for hydroxylation is 2. The molecule has 2 N–H and O–H groups in total. The zero-order chi connectivity index (χ0) is 17.5. The summed E-state index contributed by atoms with van der Waals surface area (Å²) in [7, 11) is 0. The van der Waals surface area contributed by atoms with Gasteiger partial charge in [0.15, 0.2) is 5.11 Å². The van der Waals surface area contributed by atoms with Crippen LogP contribution in [0.15, 0.2) is 42.5 Å². The van der Waals surface area contributed by atoms with Crippen molar-refractivity contribution in [1.29, 1.82) is 5.26 Å². The number of nitriles is 1. The molecule has 0 aliphatic carbocycles. The first-order valence-electron chi connectivity index (χ1n) is 8.14. The van der Waals surface area contributed by atoms with Crippen LogP contribution in [-0.2, 0) is 6.42 Å². The van der Waals surface area contributed by atoms with Crippen molar-refractivity contribution in [2.24, 2.45) is 0 Å². The predicted molar refractivity (Wildman–Crippen MR) is 104 cm³/mol. The molecule has 0 radical (unpaired) electrons. The van der Waals surface area contributed by atoms with Crippen LogP contribution in [0.5, 0.6) is 0 Å². The lowest BCUT2D eigenvalue weighted by atomic mass is 9.99. The standard InChI is InChI=1S/C20H23N3S/c1-4-19(17-8-5-14(2)15(3)13-17)23-20(24)22-18-9-6-16(7-10-18)11-12-21/h5-10,13,19H,4,11H2,1-3H3,(H2,22,23,24). The minimum atomic E-state index is 0.183. The Morgan fingerprint density at radius 3 is 2.42 bits per heavy atom. The van der Waals surface area contributed by atoms with Crippen molar-refractivity contribution in [2.75, 3.05) is 5.32 Å². The van der Waals surface area contributed by atoms with Gasteiger partial charge in [0.1, 0.15) is 0 Å². The predicted octanol–water partition coefficient (Wildman–Crippen LogP) is 4.81. The third-order valence-electron chi connectivity index (χ3n) is 4.14. The Labute approximate surface area is 149 Å². The van der Waals surface area contributed by atoms with E-state index < -0.39 is 0 Å². The minimum absolute atomic E-state index is 0.183. The van der Waals surface area contributed by atoms with E-state index >= 15 is 0 Å². The molecule has 0 saturated carbocycles. The molecule has 2 rings (SSSR count). The van der Waals surface area contributed by atoms with E-state index in [1.165, 1.54) is 16.7 Å². The Kier molecular flexibility index (Phi) is 6.34. The van der Waals surface area contributed by atoms with Gasteiger partial charge in [0.25, 0.3) is 0 Å². The molecule has 0 fully saturated rings. The van der Waals surface area contributed by atoms with Crippen molar-refractivity contribution in [3.8, 4) is 6.07 Å². The molecule has 0 saturated heterocycles. The molecule has 3 nitrogen and oxygen atoms in total. The highest BCUT2D eigenvalue weighted by atomic mass is 32.1. The topological polar surface area (TPSA) is 47.8 Å². The first-order chi connectivity index (χ1) is 11.5. The highest BCUT2D eigenvalue weighted by Gasteiger charge is 2.11. The summed E-state index contributed by atoms with van der Waals surface area (Å²) in [6.45, 7) is 6.40. The van der Waals surface area contributed by atoms with E-state index in [0.29, 0.717) is 11.5 Å². The van der Waals surface area contributed by atoms with Crippen molar-refractivity contribution in [2.45, 2.75) is 39.7 Å². The van der Waals surface area contributed by atoms with Crippen LogP contribution in [0.1, 0.15) is 41.6 Å². The van der Waals surface area contributed by atoms with Gasteiger partial charge in [-0.05, 0) is 66.9 Å². The van der Waals surface area contributed by atoms with E-state index in [2.05, 4.69) is 55.7 Å². The lowest BCUT2D eigenvalue weighted by molar-refractivity contribution is 0.628. The second-order valence-electron chi connectivity index (χ2n) is 5.93. The molecule has 1 atom stereocenters. The fraction of sp³-hybridized carbons (Fsp3) is 0.300. The average Bonchev–Trinajstić information content (AvgIpc) is 2.57. The third kappa shape index (κ3) is 4.81. The van der Waals surface area contributed by atoms with Crippen LogP contribution in [0.25, 0.3) is 0 Å². The van der Waals surface area contributed by atoms with E-state index in [4.69, 9.17) is 17.5 Å². The van der Waals surface area contributed by atoms with Crippen molar-refractivity contribution in [3.63, 3.8) is 0 Å². The zero-order valence-electron chi connectivity index (χ0n) is 14.4. The van der Waals surface area contributed by atoms with Crippen LogP contribution >= 0.6 is 12.2 Å². The Balaban J connectivity index is 2.01. The highest BCUT2D eigenvalue weighted by Crippen LogP contribution is 2.20. The Morgan fingerprint density at radius 1 is 1.12 bits per heavy atom. The van der Waals surface area contributed by atoms with Crippen LogP contribution in [0.3, 0.4) is 0 Å². The molecule has 0 spiro atoms. The molecular weight excluding hydrogens is 314 g/mol. The average molecular weight is 337 g/mol. The second-order valence-corrected chi connectivity index (χ2v) is 6.34. The monoisotopic (exact) mass is 337 g/mol. The molecule has 0 bridgehead atoms. The molecule has 0 amide bonds. The third-order valence-corrected chi connectivity index (χ3v) is 4.36. The largest absolute Gasteiger partial charge is 0.356 e. The van der Waals surface area contributed by atoms with Crippen molar-refractivity contribution < 1.29 is 0 Å².